The van der Waals surface area contributed by atoms with Gasteiger partial charge in [0.15, 0.2) is 0 Å². The minimum Gasteiger partial charge on any atom is -0.488 e. The molecule has 0 aliphatic rings. The molecule has 0 fully saturated rings. The Morgan fingerprint density at radius 1 is 1.17 bits per heavy atom. The molecule has 0 unspecified atom stereocenters. The third-order valence-electron chi connectivity index (χ3n) is 2.38. The summed E-state index contributed by atoms with van der Waals surface area (Å²) in [7, 11) is 0. The Morgan fingerprint density at radius 3 is 2.17 bits per heavy atom. The van der Waals surface area contributed by atoms with Gasteiger partial charge in [0.1, 0.15) is 17.1 Å². The zero-order valence-corrected chi connectivity index (χ0v) is 12.1. The first-order chi connectivity index (χ1) is 8.26. The molecular weight excluding hydrogens is 224 g/mol. The van der Waals surface area contributed by atoms with Crippen LogP contribution >= 0.6 is 0 Å². The van der Waals surface area contributed by atoms with Crippen LogP contribution in [0.1, 0.15) is 46.6 Å². The van der Waals surface area contributed by atoms with Gasteiger partial charge < -0.3 is 4.74 Å². The van der Waals surface area contributed by atoms with Crippen molar-refractivity contribution in [3.8, 4) is 5.75 Å². The fourth-order valence-electron chi connectivity index (χ4n) is 1.78. The third-order valence-corrected chi connectivity index (χ3v) is 2.38. The lowest BCUT2D eigenvalue weighted by Crippen LogP contribution is -2.22. The minimum absolute atomic E-state index is 0.186. The maximum absolute atomic E-state index is 11.7. The van der Waals surface area contributed by atoms with Gasteiger partial charge in [-0.15, -0.1) is 0 Å². The number of benzene rings is 1. The van der Waals surface area contributed by atoms with Crippen molar-refractivity contribution in [3.63, 3.8) is 0 Å². The average Bonchev–Trinajstić information content (AvgIpc) is 2.17. The van der Waals surface area contributed by atoms with E-state index in [1.807, 2.05) is 45.0 Å². The summed E-state index contributed by atoms with van der Waals surface area (Å²) < 4.78 is 5.74. The summed E-state index contributed by atoms with van der Waals surface area (Å²) in [5, 5.41) is 0. The number of hydrogen-bond donors (Lipinski definition) is 0. The first kappa shape index (κ1) is 14.7. The van der Waals surface area contributed by atoms with Gasteiger partial charge in [0.25, 0.3) is 0 Å². The van der Waals surface area contributed by atoms with Gasteiger partial charge in [-0.1, -0.05) is 26.0 Å². The number of carbonyl (C=O) groups is 1. The van der Waals surface area contributed by atoms with Gasteiger partial charge in [-0.05, 0) is 44.4 Å². The predicted molar refractivity (Wildman–Crippen MR) is 75.0 cm³/mol. The van der Waals surface area contributed by atoms with Gasteiger partial charge in [0.05, 0.1) is 0 Å². The number of ether oxygens (including phenoxy) is 1. The molecule has 1 aromatic rings. The molecule has 0 spiro atoms. The maximum Gasteiger partial charge on any atom is 0.137 e. The largest absolute Gasteiger partial charge is 0.488 e. The van der Waals surface area contributed by atoms with Crippen LogP contribution in [0.3, 0.4) is 0 Å². The van der Waals surface area contributed by atoms with Crippen molar-refractivity contribution in [3.05, 3.63) is 29.8 Å². The molecule has 0 aliphatic carbocycles. The Morgan fingerprint density at radius 2 is 1.72 bits per heavy atom. The highest BCUT2D eigenvalue weighted by atomic mass is 16.5. The monoisotopic (exact) mass is 248 g/mol. The first-order valence-corrected chi connectivity index (χ1v) is 6.56. The molecule has 0 saturated carbocycles. The highest BCUT2D eigenvalue weighted by Gasteiger charge is 2.12. The third kappa shape index (κ3) is 5.85. The second kappa shape index (κ2) is 6.03. The smallest absolute Gasteiger partial charge is 0.137 e. The molecule has 0 bridgehead atoms. The van der Waals surface area contributed by atoms with E-state index in [4.69, 9.17) is 4.74 Å². The van der Waals surface area contributed by atoms with Crippen LogP contribution in [0.5, 0.6) is 5.75 Å². The van der Waals surface area contributed by atoms with Crippen molar-refractivity contribution >= 4 is 5.78 Å². The van der Waals surface area contributed by atoms with Gasteiger partial charge in [-0.2, -0.15) is 0 Å². The van der Waals surface area contributed by atoms with Crippen LogP contribution in [0.2, 0.25) is 0 Å². The molecule has 1 rings (SSSR count). The number of rotatable bonds is 5. The molecule has 0 N–H and O–H groups in total. The van der Waals surface area contributed by atoms with Crippen LogP contribution in [0.25, 0.3) is 0 Å². The fourth-order valence-corrected chi connectivity index (χ4v) is 1.78. The van der Waals surface area contributed by atoms with Crippen molar-refractivity contribution in [2.45, 2.75) is 53.1 Å². The van der Waals surface area contributed by atoms with Gasteiger partial charge in [0, 0.05) is 12.8 Å². The zero-order chi connectivity index (χ0) is 13.8. The highest BCUT2D eigenvalue weighted by Crippen LogP contribution is 2.19. The predicted octanol–water partition coefficient (Wildman–Crippen LogP) is 4.02. The highest BCUT2D eigenvalue weighted by molar-refractivity contribution is 5.81. The summed E-state index contributed by atoms with van der Waals surface area (Å²) in [4.78, 5) is 11.7. The molecule has 2 nitrogen and oxygen atoms in total. The van der Waals surface area contributed by atoms with E-state index < -0.39 is 0 Å². The average molecular weight is 248 g/mol. The molecule has 0 amide bonds. The molecule has 0 aliphatic heterocycles. The van der Waals surface area contributed by atoms with E-state index in [0.717, 1.165) is 11.3 Å². The maximum atomic E-state index is 11.7. The minimum atomic E-state index is -0.186. The molecule has 2 heteroatoms. The Balaban J connectivity index is 2.58. The van der Waals surface area contributed by atoms with Crippen molar-refractivity contribution < 1.29 is 9.53 Å². The Kier molecular flexibility index (Phi) is 4.94. The van der Waals surface area contributed by atoms with Crippen molar-refractivity contribution in [2.75, 3.05) is 0 Å². The van der Waals surface area contributed by atoms with Crippen molar-refractivity contribution in [2.24, 2.45) is 5.92 Å². The van der Waals surface area contributed by atoms with Crippen LogP contribution < -0.4 is 4.74 Å². The molecule has 1 aromatic carbocycles. The summed E-state index contributed by atoms with van der Waals surface area (Å²) in [5.41, 5.74) is 0.872. The SMILES string of the molecule is CC(C)CC(=O)Cc1ccc(OC(C)(C)C)cc1. The van der Waals surface area contributed by atoms with Crippen LogP contribution in [-0.4, -0.2) is 11.4 Å². The second-order valence-electron chi connectivity index (χ2n) is 6.17. The van der Waals surface area contributed by atoms with Gasteiger partial charge in [-0.25, -0.2) is 0 Å². The van der Waals surface area contributed by atoms with Crippen molar-refractivity contribution in [1.82, 2.24) is 0 Å². The fraction of sp³-hybridized carbons (Fsp3) is 0.562. The van der Waals surface area contributed by atoms with E-state index in [2.05, 4.69) is 13.8 Å². The molecular formula is C16H24O2. The zero-order valence-electron chi connectivity index (χ0n) is 12.1. The normalized spacial score (nSPS) is 11.7. The van der Waals surface area contributed by atoms with Crippen LogP contribution in [0.15, 0.2) is 24.3 Å². The Bertz CT molecular complexity index is 383. The summed E-state index contributed by atoms with van der Waals surface area (Å²) >= 11 is 0. The van der Waals surface area contributed by atoms with E-state index in [1.54, 1.807) is 0 Å². The topological polar surface area (TPSA) is 26.3 Å². The number of hydrogen-bond acceptors (Lipinski definition) is 2. The van der Waals surface area contributed by atoms with Gasteiger partial charge in [-0.3, -0.25) is 4.79 Å². The lowest BCUT2D eigenvalue weighted by Gasteiger charge is -2.21. The Hall–Kier alpha value is -1.31. The summed E-state index contributed by atoms with van der Waals surface area (Å²) in [6.07, 6.45) is 1.17. The lowest BCUT2D eigenvalue weighted by atomic mass is 10.0. The van der Waals surface area contributed by atoms with Gasteiger partial charge >= 0.3 is 0 Å². The van der Waals surface area contributed by atoms with E-state index >= 15 is 0 Å². The molecule has 100 valence electrons. The molecule has 0 saturated heterocycles. The quantitative estimate of drug-likeness (QED) is 0.786. The number of carbonyl (C=O) groups excluding carboxylic acids is 1. The van der Waals surface area contributed by atoms with E-state index in [1.165, 1.54) is 0 Å². The van der Waals surface area contributed by atoms with E-state index in [-0.39, 0.29) is 5.60 Å². The molecule has 18 heavy (non-hydrogen) atoms. The molecule has 0 radical (unpaired) electrons. The van der Waals surface area contributed by atoms with E-state index in [9.17, 15) is 4.79 Å². The van der Waals surface area contributed by atoms with Crippen molar-refractivity contribution in [1.29, 1.82) is 0 Å². The number of ketones is 1. The van der Waals surface area contributed by atoms with Crippen LogP contribution in [0, 0.1) is 5.92 Å². The van der Waals surface area contributed by atoms with Gasteiger partial charge in [0.2, 0.25) is 0 Å². The van der Waals surface area contributed by atoms with E-state index in [0.29, 0.717) is 24.5 Å². The summed E-state index contributed by atoms with van der Waals surface area (Å²) in [5.74, 6) is 1.58. The molecule has 0 aromatic heterocycles. The number of Topliss-reactive ketones (excluding diaryl/α,β-unsaturated/α-hetero) is 1. The van der Waals surface area contributed by atoms with Crippen LogP contribution in [0.4, 0.5) is 0 Å². The Labute approximate surface area is 110 Å². The molecule has 0 heterocycles. The second-order valence-corrected chi connectivity index (χ2v) is 6.17. The van der Waals surface area contributed by atoms with Crippen LogP contribution in [-0.2, 0) is 11.2 Å². The molecule has 0 atom stereocenters. The summed E-state index contributed by atoms with van der Waals surface area (Å²) in [6, 6.07) is 7.81. The summed E-state index contributed by atoms with van der Waals surface area (Å²) in [6.45, 7) is 10.2. The standard InChI is InChI=1S/C16H24O2/c1-12(2)10-14(17)11-13-6-8-15(9-7-13)18-16(3,4)5/h6-9,12H,10-11H2,1-5H3. The lowest BCUT2D eigenvalue weighted by molar-refractivity contribution is -0.119. The first-order valence-electron chi connectivity index (χ1n) is 6.56.